The van der Waals surface area contributed by atoms with Gasteiger partial charge in [0.25, 0.3) is 0 Å². The van der Waals surface area contributed by atoms with E-state index in [4.69, 9.17) is 10.5 Å². The molecule has 0 spiro atoms. The van der Waals surface area contributed by atoms with Crippen LogP contribution in [0.1, 0.15) is 28.3 Å². The third kappa shape index (κ3) is 2.65. The Bertz CT molecular complexity index is 641. The first kappa shape index (κ1) is 14.5. The second kappa shape index (κ2) is 5.59. The number of methoxy groups -OCH3 is 1. The molecule has 2 N–H and O–H groups in total. The first-order valence-corrected chi connectivity index (χ1v) is 6.29. The Morgan fingerprint density at radius 1 is 1.00 bits per heavy atom. The molecule has 2 aromatic rings. The quantitative estimate of drug-likeness (QED) is 0.929. The SMILES string of the molecule is COc1cc(C)c(C(N)c2ccc(F)cc2F)cc1C. The Morgan fingerprint density at radius 2 is 1.70 bits per heavy atom. The molecule has 0 aromatic heterocycles. The molecule has 2 rings (SSSR count). The van der Waals surface area contributed by atoms with Crippen molar-refractivity contribution in [2.24, 2.45) is 5.73 Å². The number of aryl methyl sites for hydroxylation is 2. The van der Waals surface area contributed by atoms with Gasteiger partial charge in [0, 0.05) is 11.6 Å². The van der Waals surface area contributed by atoms with Crippen molar-refractivity contribution in [3.63, 3.8) is 0 Å². The summed E-state index contributed by atoms with van der Waals surface area (Å²) in [5, 5.41) is 0. The molecule has 4 heteroatoms. The molecule has 0 bridgehead atoms. The van der Waals surface area contributed by atoms with Crippen molar-refractivity contribution in [2.45, 2.75) is 19.9 Å². The van der Waals surface area contributed by atoms with E-state index >= 15 is 0 Å². The van der Waals surface area contributed by atoms with Gasteiger partial charge in [0.2, 0.25) is 0 Å². The Labute approximate surface area is 117 Å². The molecule has 106 valence electrons. The van der Waals surface area contributed by atoms with Crippen LogP contribution in [0.25, 0.3) is 0 Å². The van der Waals surface area contributed by atoms with Crippen LogP contribution < -0.4 is 10.5 Å². The molecule has 0 radical (unpaired) electrons. The van der Waals surface area contributed by atoms with Gasteiger partial charge >= 0.3 is 0 Å². The van der Waals surface area contributed by atoms with Gasteiger partial charge in [-0.15, -0.1) is 0 Å². The van der Waals surface area contributed by atoms with Crippen molar-refractivity contribution < 1.29 is 13.5 Å². The van der Waals surface area contributed by atoms with E-state index in [1.807, 2.05) is 26.0 Å². The standard InChI is InChI=1S/C16H17F2NO/c1-9-7-15(20-3)10(2)6-13(9)16(19)12-5-4-11(17)8-14(12)18/h4-8,16H,19H2,1-3H3. The monoisotopic (exact) mass is 277 g/mol. The molecule has 0 fully saturated rings. The number of nitrogens with two attached hydrogens (primary N) is 1. The topological polar surface area (TPSA) is 35.2 Å². The first-order valence-electron chi connectivity index (χ1n) is 6.29. The largest absolute Gasteiger partial charge is 0.496 e. The second-order valence-corrected chi connectivity index (χ2v) is 4.82. The fourth-order valence-corrected chi connectivity index (χ4v) is 2.29. The zero-order chi connectivity index (χ0) is 14.9. The molecule has 0 heterocycles. The van der Waals surface area contributed by atoms with Gasteiger partial charge in [-0.2, -0.15) is 0 Å². The van der Waals surface area contributed by atoms with Crippen molar-refractivity contribution >= 4 is 0 Å². The molecule has 0 saturated heterocycles. The Balaban J connectivity index is 2.48. The molecule has 20 heavy (non-hydrogen) atoms. The third-order valence-corrected chi connectivity index (χ3v) is 3.42. The maximum absolute atomic E-state index is 13.8. The van der Waals surface area contributed by atoms with Gasteiger partial charge in [0.1, 0.15) is 17.4 Å². The minimum atomic E-state index is -0.639. The van der Waals surface area contributed by atoms with Gasteiger partial charge in [-0.3, -0.25) is 0 Å². The van der Waals surface area contributed by atoms with E-state index in [2.05, 4.69) is 0 Å². The highest BCUT2D eigenvalue weighted by Crippen LogP contribution is 2.30. The molecule has 0 aliphatic heterocycles. The summed E-state index contributed by atoms with van der Waals surface area (Å²) in [6.07, 6.45) is 0. The van der Waals surface area contributed by atoms with E-state index in [0.29, 0.717) is 0 Å². The molecule has 1 atom stereocenters. The molecule has 0 aliphatic carbocycles. The lowest BCUT2D eigenvalue weighted by Gasteiger charge is -2.18. The van der Waals surface area contributed by atoms with Crippen LogP contribution in [-0.2, 0) is 0 Å². The third-order valence-electron chi connectivity index (χ3n) is 3.42. The van der Waals surface area contributed by atoms with Crippen LogP contribution in [0.15, 0.2) is 30.3 Å². The van der Waals surface area contributed by atoms with Crippen molar-refractivity contribution in [3.05, 3.63) is 64.2 Å². The average molecular weight is 277 g/mol. The smallest absolute Gasteiger partial charge is 0.131 e. The predicted molar refractivity (Wildman–Crippen MR) is 74.9 cm³/mol. The van der Waals surface area contributed by atoms with Crippen molar-refractivity contribution in [3.8, 4) is 5.75 Å². The van der Waals surface area contributed by atoms with Crippen LogP contribution >= 0.6 is 0 Å². The molecule has 0 saturated carbocycles. The number of halogens is 2. The lowest BCUT2D eigenvalue weighted by Crippen LogP contribution is -2.15. The van der Waals surface area contributed by atoms with E-state index in [1.54, 1.807) is 7.11 Å². The summed E-state index contributed by atoms with van der Waals surface area (Å²) < 4.78 is 32.0. The maximum Gasteiger partial charge on any atom is 0.131 e. The molecular weight excluding hydrogens is 260 g/mol. The van der Waals surface area contributed by atoms with Crippen LogP contribution in [-0.4, -0.2) is 7.11 Å². The number of ether oxygens (including phenoxy) is 1. The average Bonchev–Trinajstić information content (AvgIpc) is 2.40. The van der Waals surface area contributed by atoms with Crippen LogP contribution in [0.5, 0.6) is 5.75 Å². The number of hydrogen-bond donors (Lipinski definition) is 1. The summed E-state index contributed by atoms with van der Waals surface area (Å²) >= 11 is 0. The van der Waals surface area contributed by atoms with Crippen LogP contribution in [0.4, 0.5) is 8.78 Å². The lowest BCUT2D eigenvalue weighted by molar-refractivity contribution is 0.411. The van der Waals surface area contributed by atoms with Crippen molar-refractivity contribution in [2.75, 3.05) is 7.11 Å². The van der Waals surface area contributed by atoms with Gasteiger partial charge < -0.3 is 10.5 Å². The Hall–Kier alpha value is -1.94. The predicted octanol–water partition coefficient (Wildman–Crippen LogP) is 3.64. The zero-order valence-electron chi connectivity index (χ0n) is 11.7. The minimum Gasteiger partial charge on any atom is -0.496 e. The highest BCUT2D eigenvalue weighted by molar-refractivity contribution is 5.45. The first-order chi connectivity index (χ1) is 9.43. The number of benzene rings is 2. The summed E-state index contributed by atoms with van der Waals surface area (Å²) in [6.45, 7) is 3.79. The van der Waals surface area contributed by atoms with E-state index in [0.717, 1.165) is 28.5 Å². The normalized spacial score (nSPS) is 12.3. The van der Waals surface area contributed by atoms with E-state index < -0.39 is 17.7 Å². The van der Waals surface area contributed by atoms with Gasteiger partial charge in [-0.1, -0.05) is 12.1 Å². The summed E-state index contributed by atoms with van der Waals surface area (Å²) in [6, 6.07) is 6.55. The van der Waals surface area contributed by atoms with Crippen molar-refractivity contribution in [1.29, 1.82) is 0 Å². The molecule has 0 amide bonds. The van der Waals surface area contributed by atoms with E-state index in [9.17, 15) is 8.78 Å². The fourth-order valence-electron chi connectivity index (χ4n) is 2.29. The molecule has 0 aliphatic rings. The summed E-state index contributed by atoms with van der Waals surface area (Å²) in [4.78, 5) is 0. The number of hydrogen-bond acceptors (Lipinski definition) is 2. The van der Waals surface area contributed by atoms with Gasteiger partial charge in [-0.25, -0.2) is 8.78 Å². The zero-order valence-corrected chi connectivity index (χ0v) is 11.7. The lowest BCUT2D eigenvalue weighted by atomic mass is 9.93. The van der Waals surface area contributed by atoms with E-state index in [1.165, 1.54) is 12.1 Å². The second-order valence-electron chi connectivity index (χ2n) is 4.82. The molecule has 2 nitrogen and oxygen atoms in total. The summed E-state index contributed by atoms with van der Waals surface area (Å²) in [5.74, 6) is -0.482. The van der Waals surface area contributed by atoms with Crippen LogP contribution in [0.3, 0.4) is 0 Å². The van der Waals surface area contributed by atoms with Gasteiger partial charge in [0.15, 0.2) is 0 Å². The fraction of sp³-hybridized carbons (Fsp3) is 0.250. The Morgan fingerprint density at radius 3 is 2.30 bits per heavy atom. The van der Waals surface area contributed by atoms with Crippen LogP contribution in [0.2, 0.25) is 0 Å². The Kier molecular flexibility index (Phi) is 4.04. The van der Waals surface area contributed by atoms with Crippen molar-refractivity contribution in [1.82, 2.24) is 0 Å². The van der Waals surface area contributed by atoms with Gasteiger partial charge in [-0.05, 0) is 42.7 Å². The minimum absolute atomic E-state index is 0.277. The van der Waals surface area contributed by atoms with E-state index in [-0.39, 0.29) is 5.56 Å². The molecule has 2 aromatic carbocycles. The highest BCUT2D eigenvalue weighted by Gasteiger charge is 2.17. The molecule has 1 unspecified atom stereocenters. The molecular formula is C16H17F2NO. The maximum atomic E-state index is 13.8. The van der Waals surface area contributed by atoms with Crippen LogP contribution in [0, 0.1) is 25.5 Å². The summed E-state index contributed by atoms with van der Waals surface area (Å²) in [5.41, 5.74) is 9.03. The summed E-state index contributed by atoms with van der Waals surface area (Å²) in [7, 11) is 1.60. The van der Waals surface area contributed by atoms with Gasteiger partial charge in [0.05, 0.1) is 13.2 Å². The highest BCUT2D eigenvalue weighted by atomic mass is 19.1. The number of rotatable bonds is 3.